The van der Waals surface area contributed by atoms with Gasteiger partial charge in [0.05, 0.1) is 7.11 Å². The van der Waals surface area contributed by atoms with Gasteiger partial charge in [-0.3, -0.25) is 4.79 Å². The van der Waals surface area contributed by atoms with Crippen molar-refractivity contribution in [3.63, 3.8) is 0 Å². The second-order valence-corrected chi connectivity index (χ2v) is 3.89. The molecule has 100 valence electrons. The summed E-state index contributed by atoms with van der Waals surface area (Å²) in [5.41, 5.74) is 0.420. The van der Waals surface area contributed by atoms with Gasteiger partial charge in [-0.05, 0) is 31.2 Å². The fourth-order valence-electron chi connectivity index (χ4n) is 1.50. The van der Waals surface area contributed by atoms with Crippen LogP contribution < -0.4 is 15.4 Å². The predicted molar refractivity (Wildman–Crippen MR) is 70.2 cm³/mol. The second kappa shape index (κ2) is 7.55. The van der Waals surface area contributed by atoms with E-state index < -0.39 is 0 Å². The molecule has 0 bridgehead atoms. The first-order valence-corrected chi connectivity index (χ1v) is 6.05. The van der Waals surface area contributed by atoms with Gasteiger partial charge in [-0.15, -0.1) is 0 Å². The number of hydrogen-bond acceptors (Lipinski definition) is 4. The highest BCUT2D eigenvalue weighted by Gasteiger charge is 2.08. The molecule has 0 unspecified atom stereocenters. The number of amides is 1. The van der Waals surface area contributed by atoms with E-state index in [1.807, 2.05) is 0 Å². The first-order chi connectivity index (χ1) is 8.69. The molecule has 0 aliphatic rings. The lowest BCUT2D eigenvalue weighted by atomic mass is 10.2. The number of carbonyl (C=O) groups is 1. The number of phenols is 1. The van der Waals surface area contributed by atoms with Crippen LogP contribution >= 0.6 is 0 Å². The Bertz CT molecular complexity index is 394. The molecule has 1 aromatic rings. The van der Waals surface area contributed by atoms with Gasteiger partial charge in [0.2, 0.25) is 0 Å². The summed E-state index contributed by atoms with van der Waals surface area (Å²) in [5, 5.41) is 15.5. The van der Waals surface area contributed by atoms with Crippen molar-refractivity contribution >= 4 is 5.91 Å². The van der Waals surface area contributed by atoms with Crippen molar-refractivity contribution in [3.8, 4) is 11.5 Å². The molecule has 18 heavy (non-hydrogen) atoms. The molecule has 0 aliphatic carbocycles. The molecule has 5 heteroatoms. The fourth-order valence-corrected chi connectivity index (χ4v) is 1.50. The highest BCUT2D eigenvalue weighted by molar-refractivity contribution is 5.94. The minimum Gasteiger partial charge on any atom is -0.504 e. The summed E-state index contributed by atoms with van der Waals surface area (Å²) in [6.07, 6.45) is 1.07. The molecule has 1 rings (SSSR count). The number of rotatable bonds is 7. The van der Waals surface area contributed by atoms with Gasteiger partial charge in [0.25, 0.3) is 5.91 Å². The van der Waals surface area contributed by atoms with Crippen molar-refractivity contribution in [2.45, 2.75) is 13.3 Å². The Labute approximate surface area is 107 Å². The van der Waals surface area contributed by atoms with Crippen molar-refractivity contribution < 1.29 is 14.6 Å². The van der Waals surface area contributed by atoms with Gasteiger partial charge in [-0.25, -0.2) is 0 Å². The maximum Gasteiger partial charge on any atom is 0.251 e. The third-order valence-electron chi connectivity index (χ3n) is 2.46. The highest BCUT2D eigenvalue weighted by Crippen LogP contribution is 2.25. The summed E-state index contributed by atoms with van der Waals surface area (Å²) in [6, 6.07) is 4.58. The standard InChI is InChI=1S/C13H20N2O3/c1-3-6-14-7-8-15-13(17)10-4-5-12(18-2)11(16)9-10/h4-5,9,14,16H,3,6-8H2,1-2H3,(H,15,17). The van der Waals surface area contributed by atoms with Crippen LogP contribution in [-0.4, -0.2) is 37.8 Å². The smallest absolute Gasteiger partial charge is 0.251 e. The lowest BCUT2D eigenvalue weighted by molar-refractivity contribution is 0.0953. The number of benzene rings is 1. The number of aromatic hydroxyl groups is 1. The van der Waals surface area contributed by atoms with Crippen LogP contribution in [0.15, 0.2) is 18.2 Å². The van der Waals surface area contributed by atoms with Crippen molar-refractivity contribution in [1.82, 2.24) is 10.6 Å². The largest absolute Gasteiger partial charge is 0.504 e. The average Bonchev–Trinajstić information content (AvgIpc) is 2.38. The summed E-state index contributed by atoms with van der Waals surface area (Å²) >= 11 is 0. The average molecular weight is 252 g/mol. The Morgan fingerprint density at radius 2 is 2.11 bits per heavy atom. The number of carbonyl (C=O) groups excluding carboxylic acids is 1. The van der Waals surface area contributed by atoms with E-state index in [0.29, 0.717) is 17.9 Å². The van der Waals surface area contributed by atoms with E-state index in [1.54, 1.807) is 12.1 Å². The molecule has 0 radical (unpaired) electrons. The van der Waals surface area contributed by atoms with Crippen molar-refractivity contribution in [2.24, 2.45) is 0 Å². The molecule has 0 heterocycles. The van der Waals surface area contributed by atoms with Crippen LogP contribution in [0.25, 0.3) is 0 Å². The molecule has 0 aromatic heterocycles. The van der Waals surface area contributed by atoms with Gasteiger partial charge >= 0.3 is 0 Å². The van der Waals surface area contributed by atoms with E-state index in [9.17, 15) is 9.90 Å². The second-order valence-electron chi connectivity index (χ2n) is 3.89. The zero-order valence-electron chi connectivity index (χ0n) is 10.8. The van der Waals surface area contributed by atoms with Crippen LogP contribution in [0, 0.1) is 0 Å². The Morgan fingerprint density at radius 3 is 2.72 bits per heavy atom. The Balaban J connectivity index is 2.44. The van der Waals surface area contributed by atoms with Crippen LogP contribution in [0.3, 0.4) is 0 Å². The van der Waals surface area contributed by atoms with Gasteiger partial charge in [-0.1, -0.05) is 6.92 Å². The SMILES string of the molecule is CCCNCCNC(=O)c1ccc(OC)c(O)c1. The summed E-state index contributed by atoms with van der Waals surface area (Å²) < 4.78 is 4.91. The van der Waals surface area contributed by atoms with Crippen molar-refractivity contribution in [1.29, 1.82) is 0 Å². The fraction of sp³-hybridized carbons (Fsp3) is 0.462. The lowest BCUT2D eigenvalue weighted by Crippen LogP contribution is -2.32. The van der Waals surface area contributed by atoms with E-state index in [-0.39, 0.29) is 11.7 Å². The maximum atomic E-state index is 11.7. The molecule has 1 amide bonds. The molecule has 1 aromatic carbocycles. The predicted octanol–water partition coefficient (Wildman–Crippen LogP) is 1.13. The third kappa shape index (κ3) is 4.25. The van der Waals surface area contributed by atoms with Gasteiger partial charge in [0.15, 0.2) is 11.5 Å². The summed E-state index contributed by atoms with van der Waals surface area (Å²) in [4.78, 5) is 11.7. The third-order valence-corrected chi connectivity index (χ3v) is 2.46. The van der Waals surface area contributed by atoms with E-state index in [1.165, 1.54) is 13.2 Å². The summed E-state index contributed by atoms with van der Waals surface area (Å²) in [5.74, 6) is 0.122. The molecular formula is C13H20N2O3. The number of ether oxygens (including phenoxy) is 1. The Morgan fingerprint density at radius 1 is 1.33 bits per heavy atom. The van der Waals surface area contributed by atoms with E-state index in [2.05, 4.69) is 17.6 Å². The Kier molecular flexibility index (Phi) is 6.00. The summed E-state index contributed by atoms with van der Waals surface area (Å²) in [6.45, 7) is 4.33. The topological polar surface area (TPSA) is 70.6 Å². The monoisotopic (exact) mass is 252 g/mol. The maximum absolute atomic E-state index is 11.7. The van der Waals surface area contributed by atoms with Crippen molar-refractivity contribution in [3.05, 3.63) is 23.8 Å². The minimum atomic E-state index is -0.203. The lowest BCUT2D eigenvalue weighted by Gasteiger charge is -2.08. The van der Waals surface area contributed by atoms with Gasteiger partial charge in [0.1, 0.15) is 0 Å². The van der Waals surface area contributed by atoms with E-state index in [0.717, 1.165) is 19.5 Å². The van der Waals surface area contributed by atoms with Gasteiger partial charge in [-0.2, -0.15) is 0 Å². The molecular weight excluding hydrogens is 232 g/mol. The van der Waals surface area contributed by atoms with Crippen LogP contribution in [0.1, 0.15) is 23.7 Å². The summed E-state index contributed by atoms with van der Waals surface area (Å²) in [7, 11) is 1.47. The molecule has 0 fully saturated rings. The molecule has 0 atom stereocenters. The molecule has 5 nitrogen and oxygen atoms in total. The molecule has 3 N–H and O–H groups in total. The van der Waals surface area contributed by atoms with E-state index in [4.69, 9.17) is 4.74 Å². The van der Waals surface area contributed by atoms with Gasteiger partial charge in [0, 0.05) is 18.7 Å². The molecule has 0 aliphatic heterocycles. The minimum absolute atomic E-state index is 0.0331. The van der Waals surface area contributed by atoms with Crippen LogP contribution in [0.4, 0.5) is 0 Å². The Hall–Kier alpha value is -1.75. The van der Waals surface area contributed by atoms with Crippen LogP contribution in [0.5, 0.6) is 11.5 Å². The molecule has 0 saturated heterocycles. The number of hydrogen-bond donors (Lipinski definition) is 3. The first-order valence-electron chi connectivity index (χ1n) is 6.05. The first kappa shape index (κ1) is 14.3. The van der Waals surface area contributed by atoms with Crippen molar-refractivity contribution in [2.75, 3.05) is 26.7 Å². The molecule has 0 spiro atoms. The number of nitrogens with one attached hydrogen (secondary N) is 2. The normalized spacial score (nSPS) is 10.1. The van der Waals surface area contributed by atoms with E-state index >= 15 is 0 Å². The zero-order chi connectivity index (χ0) is 13.4. The number of phenolic OH excluding ortho intramolecular Hbond substituents is 1. The van der Waals surface area contributed by atoms with Crippen LogP contribution in [-0.2, 0) is 0 Å². The highest BCUT2D eigenvalue weighted by atomic mass is 16.5. The molecule has 0 saturated carbocycles. The number of methoxy groups -OCH3 is 1. The van der Waals surface area contributed by atoms with Crippen LogP contribution in [0.2, 0.25) is 0 Å². The quantitative estimate of drug-likeness (QED) is 0.636. The van der Waals surface area contributed by atoms with Gasteiger partial charge < -0.3 is 20.5 Å². The zero-order valence-corrected chi connectivity index (χ0v) is 10.8.